The van der Waals surface area contributed by atoms with Crippen molar-refractivity contribution >= 4 is 15.9 Å². The van der Waals surface area contributed by atoms with E-state index in [0.29, 0.717) is 0 Å². The third kappa shape index (κ3) is 3.45. The van der Waals surface area contributed by atoms with Crippen LogP contribution in [0.5, 0.6) is 0 Å². The number of rotatable bonds is 1. The second-order valence-electron chi connectivity index (χ2n) is 3.59. The van der Waals surface area contributed by atoms with E-state index in [1.807, 2.05) is 54.6 Å². The van der Waals surface area contributed by atoms with Crippen LogP contribution in [0.3, 0.4) is 0 Å². The zero-order valence-electron chi connectivity index (χ0n) is 9.10. The molecule has 0 aliphatic heterocycles. The van der Waals surface area contributed by atoms with Gasteiger partial charge in [0, 0.05) is 10.0 Å². The minimum atomic E-state index is -0.757. The van der Waals surface area contributed by atoms with Gasteiger partial charge >= 0.3 is 0 Å². The smallest absolute Gasteiger partial charge is 0.140 e. The van der Waals surface area contributed by atoms with E-state index < -0.39 is 6.10 Å². The Morgan fingerprint density at radius 1 is 1.00 bits per heavy atom. The maximum absolute atomic E-state index is 9.91. The molecular weight excluding hydrogens is 276 g/mol. The molecule has 0 fully saturated rings. The summed E-state index contributed by atoms with van der Waals surface area (Å²) in [5.74, 6) is 5.77. The number of hydrogen-bond donors (Lipinski definition) is 1. The van der Waals surface area contributed by atoms with Gasteiger partial charge in [0.1, 0.15) is 6.10 Å². The normalized spacial score (nSPS) is 11.4. The Morgan fingerprint density at radius 3 is 2.47 bits per heavy atom. The molecule has 0 radical (unpaired) electrons. The highest BCUT2D eigenvalue weighted by molar-refractivity contribution is 9.10. The molecular formula is C15H11BrO. The summed E-state index contributed by atoms with van der Waals surface area (Å²) in [4.78, 5) is 0. The van der Waals surface area contributed by atoms with Gasteiger partial charge in [0.25, 0.3) is 0 Å². The zero-order chi connectivity index (χ0) is 12.1. The Bertz CT molecular complexity index is 552. The highest BCUT2D eigenvalue weighted by atomic mass is 79.9. The molecule has 17 heavy (non-hydrogen) atoms. The highest BCUT2D eigenvalue weighted by Gasteiger charge is 2.02. The topological polar surface area (TPSA) is 20.2 Å². The quantitative estimate of drug-likeness (QED) is 0.795. The first-order valence-corrected chi connectivity index (χ1v) is 6.05. The van der Waals surface area contributed by atoms with E-state index in [2.05, 4.69) is 27.8 Å². The van der Waals surface area contributed by atoms with Gasteiger partial charge in [-0.15, -0.1) is 0 Å². The van der Waals surface area contributed by atoms with Crippen LogP contribution < -0.4 is 0 Å². The molecule has 1 atom stereocenters. The van der Waals surface area contributed by atoms with Crippen molar-refractivity contribution in [2.24, 2.45) is 0 Å². The molecule has 0 spiro atoms. The van der Waals surface area contributed by atoms with Crippen molar-refractivity contribution < 1.29 is 5.11 Å². The summed E-state index contributed by atoms with van der Waals surface area (Å²) in [6, 6.07) is 17.1. The SMILES string of the molecule is O[C@H](C#Cc1ccccc1)c1cccc(Br)c1. The van der Waals surface area contributed by atoms with Crippen LogP contribution in [0.1, 0.15) is 17.2 Å². The molecule has 2 heteroatoms. The van der Waals surface area contributed by atoms with Crippen molar-refractivity contribution in [2.75, 3.05) is 0 Å². The molecule has 0 saturated carbocycles. The van der Waals surface area contributed by atoms with Crippen LogP contribution in [0.4, 0.5) is 0 Å². The van der Waals surface area contributed by atoms with E-state index in [4.69, 9.17) is 0 Å². The van der Waals surface area contributed by atoms with Crippen LogP contribution >= 0.6 is 15.9 Å². The molecule has 0 aliphatic carbocycles. The molecule has 0 saturated heterocycles. The molecule has 0 aromatic heterocycles. The van der Waals surface area contributed by atoms with Crippen molar-refractivity contribution in [2.45, 2.75) is 6.10 Å². The van der Waals surface area contributed by atoms with E-state index in [1.54, 1.807) is 0 Å². The summed E-state index contributed by atoms with van der Waals surface area (Å²) in [7, 11) is 0. The Balaban J connectivity index is 2.18. The lowest BCUT2D eigenvalue weighted by Gasteiger charge is -2.03. The summed E-state index contributed by atoms with van der Waals surface area (Å²) >= 11 is 3.37. The van der Waals surface area contributed by atoms with Gasteiger partial charge in [-0.3, -0.25) is 0 Å². The molecule has 1 N–H and O–H groups in total. The van der Waals surface area contributed by atoms with Crippen LogP contribution in [0.25, 0.3) is 0 Å². The fourth-order valence-electron chi connectivity index (χ4n) is 1.43. The van der Waals surface area contributed by atoms with Crippen LogP contribution in [0.15, 0.2) is 59.1 Å². The first-order chi connectivity index (χ1) is 8.25. The van der Waals surface area contributed by atoms with Gasteiger partial charge in [-0.25, -0.2) is 0 Å². The van der Waals surface area contributed by atoms with Gasteiger partial charge in [0.2, 0.25) is 0 Å². The van der Waals surface area contributed by atoms with Crippen LogP contribution in [0.2, 0.25) is 0 Å². The number of halogens is 1. The van der Waals surface area contributed by atoms with Crippen LogP contribution in [0, 0.1) is 11.8 Å². The Morgan fingerprint density at radius 2 is 1.76 bits per heavy atom. The zero-order valence-corrected chi connectivity index (χ0v) is 10.7. The third-order valence-corrected chi connectivity index (χ3v) is 2.78. The van der Waals surface area contributed by atoms with E-state index in [1.165, 1.54) is 0 Å². The van der Waals surface area contributed by atoms with E-state index >= 15 is 0 Å². The maximum Gasteiger partial charge on any atom is 0.140 e. The molecule has 2 aromatic rings. The van der Waals surface area contributed by atoms with E-state index in [0.717, 1.165) is 15.6 Å². The summed E-state index contributed by atoms with van der Waals surface area (Å²) < 4.78 is 0.940. The molecule has 0 amide bonds. The van der Waals surface area contributed by atoms with Crippen LogP contribution in [-0.2, 0) is 0 Å². The Labute approximate surface area is 109 Å². The lowest BCUT2D eigenvalue weighted by Crippen LogP contribution is -1.93. The molecule has 2 rings (SSSR count). The van der Waals surface area contributed by atoms with Crippen molar-refractivity contribution in [3.05, 3.63) is 70.2 Å². The average Bonchev–Trinajstić information content (AvgIpc) is 2.37. The Kier molecular flexibility index (Phi) is 3.98. The molecule has 1 nitrogen and oxygen atoms in total. The van der Waals surface area contributed by atoms with Gasteiger partial charge in [-0.05, 0) is 29.8 Å². The van der Waals surface area contributed by atoms with Crippen molar-refractivity contribution in [3.8, 4) is 11.8 Å². The summed E-state index contributed by atoms with van der Waals surface area (Å²) in [6.45, 7) is 0. The highest BCUT2D eigenvalue weighted by Crippen LogP contribution is 2.17. The number of aliphatic hydroxyl groups excluding tert-OH is 1. The van der Waals surface area contributed by atoms with E-state index in [9.17, 15) is 5.11 Å². The second-order valence-corrected chi connectivity index (χ2v) is 4.51. The standard InChI is InChI=1S/C15H11BrO/c16-14-8-4-7-13(11-14)15(17)10-9-12-5-2-1-3-6-12/h1-8,11,15,17H/t15-/m1/s1. The first-order valence-electron chi connectivity index (χ1n) is 5.26. The largest absolute Gasteiger partial charge is 0.376 e. The molecule has 0 aliphatic rings. The lowest BCUT2D eigenvalue weighted by atomic mass is 10.1. The minimum Gasteiger partial charge on any atom is -0.376 e. The monoisotopic (exact) mass is 286 g/mol. The average molecular weight is 287 g/mol. The maximum atomic E-state index is 9.91. The summed E-state index contributed by atoms with van der Waals surface area (Å²) in [5, 5.41) is 9.91. The molecule has 0 heterocycles. The predicted molar refractivity (Wildman–Crippen MR) is 72.4 cm³/mol. The summed E-state index contributed by atoms with van der Waals surface area (Å²) in [5.41, 5.74) is 1.70. The minimum absolute atomic E-state index is 0.757. The lowest BCUT2D eigenvalue weighted by molar-refractivity contribution is 0.238. The number of aliphatic hydroxyl groups is 1. The Hall–Kier alpha value is -1.56. The molecule has 84 valence electrons. The third-order valence-electron chi connectivity index (χ3n) is 2.29. The summed E-state index contributed by atoms with van der Waals surface area (Å²) in [6.07, 6.45) is -0.757. The van der Waals surface area contributed by atoms with Gasteiger partial charge in [-0.2, -0.15) is 0 Å². The molecule has 2 aromatic carbocycles. The van der Waals surface area contributed by atoms with Crippen LogP contribution in [-0.4, -0.2) is 5.11 Å². The number of hydrogen-bond acceptors (Lipinski definition) is 1. The fourth-order valence-corrected chi connectivity index (χ4v) is 1.85. The van der Waals surface area contributed by atoms with Gasteiger partial charge in [0.05, 0.1) is 0 Å². The predicted octanol–water partition coefficient (Wildman–Crippen LogP) is 3.53. The van der Waals surface area contributed by atoms with Gasteiger partial charge < -0.3 is 5.11 Å². The number of benzene rings is 2. The van der Waals surface area contributed by atoms with Gasteiger partial charge in [-0.1, -0.05) is 58.1 Å². The van der Waals surface area contributed by atoms with Crippen molar-refractivity contribution in [1.29, 1.82) is 0 Å². The second kappa shape index (κ2) is 5.67. The van der Waals surface area contributed by atoms with Crippen molar-refractivity contribution in [3.63, 3.8) is 0 Å². The van der Waals surface area contributed by atoms with Crippen molar-refractivity contribution in [1.82, 2.24) is 0 Å². The first kappa shape index (κ1) is 11.9. The van der Waals surface area contributed by atoms with Gasteiger partial charge in [0.15, 0.2) is 0 Å². The molecule has 0 unspecified atom stereocenters. The van der Waals surface area contributed by atoms with E-state index in [-0.39, 0.29) is 0 Å². The molecule has 0 bridgehead atoms. The fraction of sp³-hybridized carbons (Fsp3) is 0.0667.